The van der Waals surface area contributed by atoms with Gasteiger partial charge in [0.25, 0.3) is 0 Å². The van der Waals surface area contributed by atoms with Gasteiger partial charge in [-0.05, 0) is 47.9 Å². The number of Topliss-reactive ketones (excluding diaryl/α,β-unsaturated/α-hetero) is 1. The molecule has 1 unspecified atom stereocenters. The Kier molecular flexibility index (Phi) is 8.27. The van der Waals surface area contributed by atoms with Crippen molar-refractivity contribution in [3.8, 4) is 5.75 Å². The van der Waals surface area contributed by atoms with Crippen molar-refractivity contribution in [1.29, 1.82) is 0 Å². The molecule has 0 heterocycles. The maximum atomic E-state index is 12.9. The van der Waals surface area contributed by atoms with Gasteiger partial charge in [0.1, 0.15) is 5.75 Å². The van der Waals surface area contributed by atoms with Gasteiger partial charge in [-0.1, -0.05) is 55.1 Å². The van der Waals surface area contributed by atoms with Gasteiger partial charge >= 0.3 is 0 Å². The van der Waals surface area contributed by atoms with Gasteiger partial charge < -0.3 is 15.8 Å². The van der Waals surface area contributed by atoms with Gasteiger partial charge in [0, 0.05) is 30.2 Å². The molecule has 6 nitrogen and oxygen atoms in total. The van der Waals surface area contributed by atoms with E-state index in [1.54, 1.807) is 42.6 Å². The number of aliphatic imine (C=N–C) groups is 1. The Hall–Kier alpha value is -4.03. The highest BCUT2D eigenvalue weighted by Crippen LogP contribution is 2.22. The minimum Gasteiger partial charge on any atom is -0.485 e. The minimum atomic E-state index is -0.521. The predicted octanol–water partition coefficient (Wildman–Crippen LogP) is 4.50. The standard InChI is InChI=1S/C27H27N3O3/c1-3-29-17-22-9-12-23(15-19(22)2)30-27(32)25(16-28)20-10-13-24(14-11-20)33-18-26(31)21-7-5-4-6-8-21/h3-15,17,25H,1,16,18,28H2,2H3,(H,30,32)/b29-17-. The molecular weight excluding hydrogens is 414 g/mol. The number of aryl methyl sites for hydroxylation is 1. The normalized spacial score (nSPS) is 11.7. The van der Waals surface area contributed by atoms with E-state index in [4.69, 9.17) is 10.5 Å². The lowest BCUT2D eigenvalue weighted by atomic mass is 9.98. The van der Waals surface area contributed by atoms with Crippen molar-refractivity contribution < 1.29 is 14.3 Å². The number of rotatable bonds is 10. The first kappa shape index (κ1) is 23.6. The van der Waals surface area contributed by atoms with Crippen LogP contribution in [0.15, 0.2) is 90.6 Å². The number of nitrogens with zero attached hydrogens (tertiary/aromatic N) is 1. The molecule has 0 saturated heterocycles. The van der Waals surface area contributed by atoms with E-state index in [0.29, 0.717) is 17.0 Å². The van der Waals surface area contributed by atoms with E-state index >= 15 is 0 Å². The highest BCUT2D eigenvalue weighted by molar-refractivity contribution is 5.97. The zero-order valence-corrected chi connectivity index (χ0v) is 18.5. The van der Waals surface area contributed by atoms with Crippen LogP contribution in [0, 0.1) is 6.92 Å². The molecule has 3 N–H and O–H groups in total. The molecule has 6 heteroatoms. The minimum absolute atomic E-state index is 0.0585. The SMILES string of the molecule is C=C/N=C\c1ccc(NC(=O)C(CN)c2ccc(OCC(=O)c3ccccc3)cc2)cc1C. The van der Waals surface area contributed by atoms with Crippen LogP contribution in [0.3, 0.4) is 0 Å². The molecule has 3 aromatic rings. The quantitative estimate of drug-likeness (QED) is 0.358. The van der Waals surface area contributed by atoms with Crippen LogP contribution < -0.4 is 15.8 Å². The van der Waals surface area contributed by atoms with Gasteiger partial charge in [-0.3, -0.25) is 14.6 Å². The van der Waals surface area contributed by atoms with Crippen molar-refractivity contribution in [3.63, 3.8) is 0 Å². The Morgan fingerprint density at radius 2 is 1.82 bits per heavy atom. The fourth-order valence-corrected chi connectivity index (χ4v) is 3.31. The highest BCUT2D eigenvalue weighted by atomic mass is 16.5. The number of anilines is 1. The van der Waals surface area contributed by atoms with Crippen LogP contribution in [-0.4, -0.2) is 31.1 Å². The first-order valence-electron chi connectivity index (χ1n) is 10.6. The second-order valence-corrected chi connectivity index (χ2v) is 7.46. The van der Waals surface area contributed by atoms with Gasteiger partial charge in [0.05, 0.1) is 5.92 Å². The number of carbonyl (C=O) groups excluding carboxylic acids is 2. The summed E-state index contributed by atoms with van der Waals surface area (Å²) in [6.45, 7) is 5.61. The molecule has 0 aliphatic carbocycles. The van der Waals surface area contributed by atoms with Crippen LogP contribution in [0.25, 0.3) is 0 Å². The second kappa shape index (κ2) is 11.5. The van der Waals surface area contributed by atoms with E-state index in [0.717, 1.165) is 16.7 Å². The molecule has 1 atom stereocenters. The number of carbonyl (C=O) groups is 2. The highest BCUT2D eigenvalue weighted by Gasteiger charge is 2.19. The summed E-state index contributed by atoms with van der Waals surface area (Å²) in [7, 11) is 0. The number of hydrogen-bond acceptors (Lipinski definition) is 5. The van der Waals surface area contributed by atoms with E-state index in [9.17, 15) is 9.59 Å². The van der Waals surface area contributed by atoms with Crippen molar-refractivity contribution in [3.05, 3.63) is 108 Å². The third kappa shape index (κ3) is 6.48. The van der Waals surface area contributed by atoms with Crippen molar-refractivity contribution in [2.75, 3.05) is 18.5 Å². The first-order chi connectivity index (χ1) is 16.0. The van der Waals surface area contributed by atoms with Gasteiger partial charge in [-0.15, -0.1) is 0 Å². The van der Waals surface area contributed by atoms with Crippen LogP contribution in [0.4, 0.5) is 5.69 Å². The Labute approximate surface area is 193 Å². The van der Waals surface area contributed by atoms with Crippen molar-refractivity contribution in [2.24, 2.45) is 10.7 Å². The smallest absolute Gasteiger partial charge is 0.233 e. The largest absolute Gasteiger partial charge is 0.485 e. The molecule has 3 rings (SSSR count). The molecule has 0 fully saturated rings. The topological polar surface area (TPSA) is 93.8 Å². The zero-order valence-electron chi connectivity index (χ0n) is 18.5. The molecular formula is C27H27N3O3. The average Bonchev–Trinajstić information content (AvgIpc) is 2.84. The lowest BCUT2D eigenvalue weighted by Crippen LogP contribution is -2.27. The Morgan fingerprint density at radius 1 is 1.09 bits per heavy atom. The van der Waals surface area contributed by atoms with E-state index in [-0.39, 0.29) is 24.8 Å². The van der Waals surface area contributed by atoms with Gasteiger partial charge in [0.2, 0.25) is 5.91 Å². The summed E-state index contributed by atoms with van der Waals surface area (Å²) in [5, 5.41) is 2.93. The van der Waals surface area contributed by atoms with Crippen LogP contribution >= 0.6 is 0 Å². The van der Waals surface area contributed by atoms with Crippen LogP contribution in [-0.2, 0) is 4.79 Å². The molecule has 0 spiro atoms. The number of nitrogens with one attached hydrogen (secondary N) is 1. The predicted molar refractivity (Wildman–Crippen MR) is 132 cm³/mol. The number of nitrogens with two attached hydrogens (primary N) is 1. The molecule has 168 valence electrons. The zero-order chi connectivity index (χ0) is 23.6. The molecule has 0 bridgehead atoms. The number of benzene rings is 3. The van der Waals surface area contributed by atoms with Gasteiger partial charge in [-0.25, -0.2) is 0 Å². The molecule has 33 heavy (non-hydrogen) atoms. The molecule has 0 aliphatic heterocycles. The van der Waals surface area contributed by atoms with E-state index < -0.39 is 5.92 Å². The summed E-state index contributed by atoms with van der Waals surface area (Å²) in [4.78, 5) is 29.1. The van der Waals surface area contributed by atoms with E-state index in [1.165, 1.54) is 6.20 Å². The van der Waals surface area contributed by atoms with Crippen LogP contribution in [0.2, 0.25) is 0 Å². The Morgan fingerprint density at radius 3 is 2.45 bits per heavy atom. The lowest BCUT2D eigenvalue weighted by Gasteiger charge is -2.16. The van der Waals surface area contributed by atoms with E-state index in [1.807, 2.05) is 43.3 Å². The molecule has 0 saturated carbocycles. The van der Waals surface area contributed by atoms with Crippen molar-refractivity contribution in [1.82, 2.24) is 0 Å². The molecule has 1 amide bonds. The summed E-state index contributed by atoms with van der Waals surface area (Å²) in [5.74, 6) is -0.271. The first-order valence-corrected chi connectivity index (χ1v) is 10.6. The number of amides is 1. The summed E-state index contributed by atoms with van der Waals surface area (Å²) < 4.78 is 5.60. The lowest BCUT2D eigenvalue weighted by molar-refractivity contribution is -0.117. The number of ether oxygens (including phenoxy) is 1. The fraction of sp³-hybridized carbons (Fsp3) is 0.148. The van der Waals surface area contributed by atoms with Crippen LogP contribution in [0.1, 0.15) is 33.0 Å². The Bertz CT molecular complexity index is 1140. The van der Waals surface area contributed by atoms with Crippen molar-refractivity contribution in [2.45, 2.75) is 12.8 Å². The maximum Gasteiger partial charge on any atom is 0.233 e. The maximum absolute atomic E-state index is 12.9. The summed E-state index contributed by atoms with van der Waals surface area (Å²) in [6.07, 6.45) is 3.19. The number of ketones is 1. The summed E-state index contributed by atoms with van der Waals surface area (Å²) >= 11 is 0. The molecule has 0 radical (unpaired) electrons. The van der Waals surface area contributed by atoms with Crippen LogP contribution in [0.5, 0.6) is 5.75 Å². The van der Waals surface area contributed by atoms with E-state index in [2.05, 4.69) is 16.9 Å². The monoisotopic (exact) mass is 441 g/mol. The Balaban J connectivity index is 1.62. The second-order valence-electron chi connectivity index (χ2n) is 7.46. The van der Waals surface area contributed by atoms with Crippen molar-refractivity contribution >= 4 is 23.6 Å². The third-order valence-electron chi connectivity index (χ3n) is 5.16. The summed E-state index contributed by atoms with van der Waals surface area (Å²) in [5.41, 5.74) is 9.89. The summed E-state index contributed by atoms with van der Waals surface area (Å²) in [6, 6.07) is 21.6. The van der Waals surface area contributed by atoms with Gasteiger partial charge in [-0.2, -0.15) is 0 Å². The van der Waals surface area contributed by atoms with Gasteiger partial charge in [0.15, 0.2) is 12.4 Å². The number of hydrogen-bond donors (Lipinski definition) is 2. The molecule has 0 aliphatic rings. The average molecular weight is 442 g/mol. The fourth-order valence-electron chi connectivity index (χ4n) is 3.31. The molecule has 0 aromatic heterocycles. The third-order valence-corrected chi connectivity index (χ3v) is 5.16. The molecule has 3 aromatic carbocycles.